The van der Waals surface area contributed by atoms with Crippen molar-refractivity contribution in [2.24, 2.45) is 0 Å². The molecule has 3 aromatic rings. The Morgan fingerprint density at radius 1 is 1.16 bits per heavy atom. The fourth-order valence-corrected chi connectivity index (χ4v) is 2.87. The van der Waals surface area contributed by atoms with Gasteiger partial charge < -0.3 is 29.0 Å². The zero-order valence-electron chi connectivity index (χ0n) is 13.5. The first-order valence-corrected chi connectivity index (χ1v) is 8.00. The predicted molar refractivity (Wildman–Crippen MR) is 89.7 cm³/mol. The van der Waals surface area contributed by atoms with Gasteiger partial charge in [-0.05, 0) is 24.3 Å². The van der Waals surface area contributed by atoms with E-state index in [1.54, 1.807) is 18.2 Å². The molecule has 0 radical (unpaired) electrons. The van der Waals surface area contributed by atoms with Crippen molar-refractivity contribution in [1.82, 2.24) is 9.55 Å². The second kappa shape index (κ2) is 6.62. The molecule has 1 aliphatic heterocycles. The second-order valence-electron chi connectivity index (χ2n) is 5.77. The number of nitrogens with zero attached hydrogens (tertiary/aromatic N) is 2. The highest BCUT2D eigenvalue weighted by Crippen LogP contribution is 2.35. The van der Waals surface area contributed by atoms with Crippen LogP contribution in [-0.4, -0.2) is 39.3 Å². The summed E-state index contributed by atoms with van der Waals surface area (Å²) in [4.78, 5) is 4.37. The van der Waals surface area contributed by atoms with Crippen LogP contribution in [0.5, 0.6) is 17.2 Å². The van der Waals surface area contributed by atoms with Gasteiger partial charge in [0.05, 0.1) is 17.6 Å². The van der Waals surface area contributed by atoms with E-state index in [0.29, 0.717) is 23.1 Å². The molecule has 4 rings (SSSR count). The zero-order chi connectivity index (χ0) is 17.2. The lowest BCUT2D eigenvalue weighted by molar-refractivity contribution is 0.0913. The molecule has 0 bridgehead atoms. The van der Waals surface area contributed by atoms with Gasteiger partial charge >= 0.3 is 0 Å². The van der Waals surface area contributed by atoms with Crippen molar-refractivity contribution in [1.29, 1.82) is 0 Å². The van der Waals surface area contributed by atoms with Crippen molar-refractivity contribution in [2.75, 3.05) is 13.4 Å². The minimum atomic E-state index is -0.756. The highest BCUT2D eigenvalue weighted by molar-refractivity contribution is 5.75. The first-order valence-electron chi connectivity index (χ1n) is 8.00. The molecule has 2 N–H and O–H groups in total. The highest BCUT2D eigenvalue weighted by atomic mass is 16.7. The molecule has 25 heavy (non-hydrogen) atoms. The number of hydrogen-bond donors (Lipinski definition) is 2. The molecule has 1 unspecified atom stereocenters. The molecule has 0 amide bonds. The van der Waals surface area contributed by atoms with Crippen LogP contribution in [0.2, 0.25) is 0 Å². The number of aliphatic hydroxyl groups is 2. The zero-order valence-corrected chi connectivity index (χ0v) is 13.5. The van der Waals surface area contributed by atoms with Gasteiger partial charge in [-0.25, -0.2) is 4.98 Å². The van der Waals surface area contributed by atoms with E-state index < -0.39 is 6.10 Å². The summed E-state index contributed by atoms with van der Waals surface area (Å²) >= 11 is 0. The Morgan fingerprint density at radius 2 is 2.00 bits per heavy atom. The summed E-state index contributed by atoms with van der Waals surface area (Å²) in [7, 11) is 0. The lowest BCUT2D eigenvalue weighted by atomic mass is 10.3. The van der Waals surface area contributed by atoms with Crippen LogP contribution in [0.15, 0.2) is 42.5 Å². The van der Waals surface area contributed by atoms with E-state index in [0.717, 1.165) is 11.0 Å². The third kappa shape index (κ3) is 3.11. The molecular formula is C18H18N2O5. The van der Waals surface area contributed by atoms with Gasteiger partial charge in [0.15, 0.2) is 11.5 Å². The second-order valence-corrected chi connectivity index (χ2v) is 5.77. The largest absolute Gasteiger partial charge is 0.491 e. The average molecular weight is 342 g/mol. The van der Waals surface area contributed by atoms with E-state index in [1.807, 2.05) is 28.8 Å². The monoisotopic (exact) mass is 342 g/mol. The molecule has 0 aliphatic carbocycles. The molecule has 0 saturated carbocycles. The van der Waals surface area contributed by atoms with Crippen LogP contribution in [0.25, 0.3) is 11.0 Å². The third-order valence-corrected chi connectivity index (χ3v) is 4.05. The maximum atomic E-state index is 10.3. The molecule has 1 atom stereocenters. The fourth-order valence-electron chi connectivity index (χ4n) is 2.87. The Kier molecular flexibility index (Phi) is 4.17. The van der Waals surface area contributed by atoms with Gasteiger partial charge in [-0.15, -0.1) is 0 Å². The molecule has 1 aliphatic rings. The number of rotatable bonds is 6. The van der Waals surface area contributed by atoms with Gasteiger partial charge in [-0.3, -0.25) is 0 Å². The molecule has 0 spiro atoms. The van der Waals surface area contributed by atoms with Crippen LogP contribution in [0.1, 0.15) is 5.82 Å². The van der Waals surface area contributed by atoms with Crippen LogP contribution in [0.4, 0.5) is 0 Å². The van der Waals surface area contributed by atoms with Crippen LogP contribution in [0, 0.1) is 0 Å². The van der Waals surface area contributed by atoms with Crippen LogP contribution >= 0.6 is 0 Å². The van der Waals surface area contributed by atoms with Crippen molar-refractivity contribution in [3.63, 3.8) is 0 Å². The Morgan fingerprint density at radius 3 is 2.88 bits per heavy atom. The lowest BCUT2D eigenvalue weighted by Gasteiger charge is -2.15. The van der Waals surface area contributed by atoms with Gasteiger partial charge in [0.1, 0.15) is 30.9 Å². The highest BCUT2D eigenvalue weighted by Gasteiger charge is 2.16. The lowest BCUT2D eigenvalue weighted by Crippen LogP contribution is -2.24. The van der Waals surface area contributed by atoms with Crippen molar-refractivity contribution in [3.8, 4) is 17.2 Å². The molecule has 2 heterocycles. The number of para-hydroxylation sites is 2. The normalized spacial score (nSPS) is 14.0. The van der Waals surface area contributed by atoms with Gasteiger partial charge in [0, 0.05) is 6.07 Å². The number of fused-ring (bicyclic) bond motifs is 2. The van der Waals surface area contributed by atoms with Crippen LogP contribution in [0.3, 0.4) is 0 Å². The molecular weight excluding hydrogens is 324 g/mol. The molecule has 1 aromatic heterocycles. The minimum Gasteiger partial charge on any atom is -0.491 e. The van der Waals surface area contributed by atoms with Crippen LogP contribution < -0.4 is 14.2 Å². The maximum absolute atomic E-state index is 10.3. The van der Waals surface area contributed by atoms with Crippen molar-refractivity contribution in [2.45, 2.75) is 19.3 Å². The molecule has 2 aromatic carbocycles. The maximum Gasteiger partial charge on any atom is 0.231 e. The number of benzene rings is 2. The Bertz CT molecular complexity index is 892. The first kappa shape index (κ1) is 15.7. The summed E-state index contributed by atoms with van der Waals surface area (Å²) < 4.78 is 18.0. The summed E-state index contributed by atoms with van der Waals surface area (Å²) in [5, 5.41) is 19.9. The van der Waals surface area contributed by atoms with Gasteiger partial charge in [0.2, 0.25) is 6.79 Å². The SMILES string of the molecule is OCc1nc2ccccc2n1CC(O)COc1ccc2c(c1)OCO2. The summed E-state index contributed by atoms with van der Waals surface area (Å²) in [6.07, 6.45) is -0.756. The van der Waals surface area contributed by atoms with Crippen LogP contribution in [-0.2, 0) is 13.2 Å². The fraction of sp³-hybridized carbons (Fsp3) is 0.278. The number of hydrogen-bond acceptors (Lipinski definition) is 6. The number of aromatic nitrogens is 2. The van der Waals surface area contributed by atoms with Crippen molar-refractivity contribution in [3.05, 3.63) is 48.3 Å². The smallest absolute Gasteiger partial charge is 0.231 e. The van der Waals surface area contributed by atoms with E-state index in [4.69, 9.17) is 14.2 Å². The van der Waals surface area contributed by atoms with Gasteiger partial charge in [-0.1, -0.05) is 12.1 Å². The number of ether oxygens (including phenoxy) is 3. The van der Waals surface area contributed by atoms with Crippen molar-refractivity contribution >= 4 is 11.0 Å². The Labute approximate surface area is 144 Å². The van der Waals surface area contributed by atoms with E-state index in [1.165, 1.54) is 0 Å². The minimum absolute atomic E-state index is 0.108. The van der Waals surface area contributed by atoms with Crippen molar-refractivity contribution < 1.29 is 24.4 Å². The molecule has 7 nitrogen and oxygen atoms in total. The molecule has 7 heteroatoms. The topological polar surface area (TPSA) is 86.0 Å². The van der Waals surface area contributed by atoms with Gasteiger partial charge in [-0.2, -0.15) is 0 Å². The standard InChI is InChI=1S/C18H18N2O5/c21-9-18-19-14-3-1-2-4-15(14)20(18)8-12(22)10-23-13-5-6-16-17(7-13)25-11-24-16/h1-7,12,21-22H,8-11H2. The number of aliphatic hydroxyl groups excluding tert-OH is 2. The third-order valence-electron chi connectivity index (χ3n) is 4.05. The summed E-state index contributed by atoms with van der Waals surface area (Å²) in [6.45, 7) is 0.404. The van der Waals surface area contributed by atoms with E-state index in [-0.39, 0.29) is 26.6 Å². The van der Waals surface area contributed by atoms with E-state index in [9.17, 15) is 10.2 Å². The van der Waals surface area contributed by atoms with E-state index >= 15 is 0 Å². The molecule has 0 fully saturated rings. The average Bonchev–Trinajstić information content (AvgIpc) is 3.24. The Hall–Kier alpha value is -2.77. The van der Waals surface area contributed by atoms with Gasteiger partial charge in [0.25, 0.3) is 0 Å². The van der Waals surface area contributed by atoms with E-state index in [2.05, 4.69) is 4.98 Å². The molecule has 130 valence electrons. The summed E-state index contributed by atoms with van der Waals surface area (Å²) in [5.41, 5.74) is 1.66. The summed E-state index contributed by atoms with van der Waals surface area (Å²) in [5.74, 6) is 2.44. The number of imidazole rings is 1. The quantitative estimate of drug-likeness (QED) is 0.709. The summed E-state index contributed by atoms with van der Waals surface area (Å²) in [6, 6.07) is 12.9. The Balaban J connectivity index is 1.45. The first-order chi connectivity index (χ1) is 12.2. The predicted octanol–water partition coefficient (Wildman–Crippen LogP) is 1.70. The molecule has 0 saturated heterocycles.